The van der Waals surface area contributed by atoms with Crippen molar-refractivity contribution in [3.8, 4) is 0 Å². The summed E-state index contributed by atoms with van der Waals surface area (Å²) >= 11 is 1.66. The molecule has 14 unspecified atom stereocenters. The minimum absolute atomic E-state index is 0.0645. The highest BCUT2D eigenvalue weighted by Gasteiger charge is 2.60. The number of hydrogen-bond donors (Lipinski definition) is 22. The fraction of sp³-hybridized carbons (Fsp3) is 0.932. The lowest BCUT2D eigenvalue weighted by Gasteiger charge is -2.50. The third kappa shape index (κ3) is 21.0. The number of aliphatic carboxylic acids is 2. The zero-order chi connectivity index (χ0) is 75.4. The van der Waals surface area contributed by atoms with E-state index in [4.69, 9.17) is 75.8 Å². The van der Waals surface area contributed by atoms with Gasteiger partial charge in [-0.25, -0.2) is 0 Å². The zero-order valence-corrected chi connectivity index (χ0v) is 57.2. The molecule has 22 N–H and O–H groups in total. The standard InChI is InChI=1S/C59H97NO41S2/c1-19(66)3-5-86-7-8-87-6-4-21(67)9-20(51(82)83)15-102-17-28-49-35(73)42(80)58(93-28)98-47-26(13-64)89-55(38(76)31(47)69)97-46-25(12-63)92-57(41(79)34(46)72)101-50-29(18-103-16-22(60-2)52(84)85)94-59(43(81)36(50)74)99-48-27(14-65)90-54(39(77)32(48)70)95-44-23(10-61)88-53(37(75)30(44)68)96-45-24(11-62)91-56(100-49)40(78)33(45)71/h20,22-50,53-65,68-81H,3-18H2,1-2H3,(H,82,83)(H,84,85)/t20-,22-,23?,24?,25?,26?,27?,28?,29?,30-,31-,32-,33-,34-,35-,36-,37?,38?,39?,40?,41?,42?,43?,44+,45+,46+,47+,48+,49+,50+,53+,54+,55+,56+,57-,58+,59-/m1/s1. The maximum atomic E-state index is 13.0. The van der Waals surface area contributed by atoms with Crippen molar-refractivity contribution in [2.75, 3.05) is 89.5 Å². The molecular formula is C59H97NO41S2. The monoisotopic (exact) mass is 1540 g/mol. The van der Waals surface area contributed by atoms with E-state index < -0.39 is 290 Å². The first-order valence-electron chi connectivity index (χ1n) is 33.2. The Morgan fingerprint density at radius 2 is 0.602 bits per heavy atom. The number of carbonyl (C=O) groups is 4. The largest absolute Gasteiger partial charge is 0.481 e. The molecule has 0 aromatic heterocycles. The Hall–Kier alpha value is -2.46. The Bertz CT molecular complexity index is 2610. The van der Waals surface area contributed by atoms with Crippen LogP contribution in [-0.2, 0) is 95.0 Å². The second-order valence-corrected chi connectivity index (χ2v) is 27.9. The molecular weight excluding hydrogens is 1440 g/mol. The lowest BCUT2D eigenvalue weighted by molar-refractivity contribution is -0.395. The predicted octanol–water partition coefficient (Wildman–Crippen LogP) is -13.0. The van der Waals surface area contributed by atoms with Gasteiger partial charge in [-0.05, 0) is 14.0 Å². The number of ketones is 2. The van der Waals surface area contributed by atoms with E-state index in [1.807, 2.05) is 0 Å². The summed E-state index contributed by atoms with van der Waals surface area (Å²) in [7, 11) is 1.35. The van der Waals surface area contributed by atoms with Crippen molar-refractivity contribution in [1.82, 2.24) is 5.32 Å². The fourth-order valence-electron chi connectivity index (χ4n) is 12.6. The van der Waals surface area contributed by atoms with Crippen molar-refractivity contribution in [3.05, 3.63) is 0 Å². The highest BCUT2D eigenvalue weighted by Crippen LogP contribution is 2.40. The third-order valence-electron chi connectivity index (χ3n) is 18.6. The molecule has 0 spiro atoms. The minimum Gasteiger partial charge on any atom is -0.481 e. The second-order valence-electron chi connectivity index (χ2n) is 25.7. The van der Waals surface area contributed by atoms with Crippen LogP contribution in [0.15, 0.2) is 0 Å². The third-order valence-corrected chi connectivity index (χ3v) is 20.9. The van der Waals surface area contributed by atoms with Crippen molar-refractivity contribution in [2.24, 2.45) is 5.92 Å². The highest BCUT2D eigenvalue weighted by atomic mass is 32.2. The number of hydrogen-bond acceptors (Lipinski definition) is 42. The molecule has 103 heavy (non-hydrogen) atoms. The van der Waals surface area contributed by atoms with Gasteiger partial charge in [-0.3, -0.25) is 19.2 Å². The van der Waals surface area contributed by atoms with Gasteiger partial charge in [-0.2, -0.15) is 23.5 Å². The molecule has 0 aliphatic carbocycles. The number of ether oxygens (including phenoxy) is 16. The van der Waals surface area contributed by atoms with Crippen molar-refractivity contribution in [3.63, 3.8) is 0 Å². The Kier molecular flexibility index (Phi) is 33.4. The van der Waals surface area contributed by atoms with Crippen molar-refractivity contribution in [1.29, 1.82) is 0 Å². The van der Waals surface area contributed by atoms with Gasteiger partial charge >= 0.3 is 11.9 Å². The second kappa shape index (κ2) is 40.0. The van der Waals surface area contributed by atoms with Gasteiger partial charge < -0.3 is 188 Å². The van der Waals surface area contributed by atoms with Crippen LogP contribution in [0.2, 0.25) is 0 Å². The molecule has 21 aliphatic rings. The van der Waals surface area contributed by atoms with Crippen LogP contribution in [0.5, 0.6) is 0 Å². The van der Waals surface area contributed by atoms with Gasteiger partial charge in [0.15, 0.2) is 44.0 Å². The number of aliphatic hydroxyl groups excluding tert-OH is 19. The van der Waals surface area contributed by atoms with Crippen LogP contribution in [-0.4, -0.2) is 441 Å². The van der Waals surface area contributed by atoms with E-state index in [9.17, 15) is 126 Å². The van der Waals surface area contributed by atoms with Crippen LogP contribution in [0.3, 0.4) is 0 Å². The normalized spacial score (nSPS) is 44.9. The summed E-state index contributed by atoms with van der Waals surface area (Å²) in [6.45, 7) is -3.91. The van der Waals surface area contributed by atoms with Gasteiger partial charge in [0.05, 0.1) is 77.6 Å². The predicted molar refractivity (Wildman–Crippen MR) is 332 cm³/mol. The zero-order valence-electron chi connectivity index (χ0n) is 55.5. The van der Waals surface area contributed by atoms with Gasteiger partial charge in [0.1, 0.15) is 176 Å². The lowest BCUT2D eigenvalue weighted by atomic mass is 9.95. The quantitative estimate of drug-likeness (QED) is 0.0340. The Morgan fingerprint density at radius 3 is 0.845 bits per heavy atom. The summed E-state index contributed by atoms with van der Waals surface area (Å²) in [5, 5.41) is 239. The maximum absolute atomic E-state index is 13.0. The van der Waals surface area contributed by atoms with Crippen molar-refractivity contribution >= 4 is 47.0 Å². The molecule has 21 fully saturated rings. The van der Waals surface area contributed by atoms with Gasteiger partial charge in [-0.15, -0.1) is 0 Å². The number of carbonyl (C=O) groups excluding carboxylic acids is 2. The number of thioether (sulfide) groups is 2. The van der Waals surface area contributed by atoms with Gasteiger partial charge in [0, 0.05) is 42.3 Å². The van der Waals surface area contributed by atoms with E-state index in [-0.39, 0.29) is 62.3 Å². The number of carboxylic acid groups (broad SMARTS) is 2. The summed E-state index contributed by atoms with van der Waals surface area (Å²) in [5.74, 6) is -6.08. The van der Waals surface area contributed by atoms with E-state index >= 15 is 0 Å². The highest BCUT2D eigenvalue weighted by molar-refractivity contribution is 7.99. The fourth-order valence-corrected chi connectivity index (χ4v) is 15.0. The Labute approximate surface area is 595 Å². The molecule has 21 saturated heterocycles. The van der Waals surface area contributed by atoms with Crippen molar-refractivity contribution < 1.29 is 202 Å². The summed E-state index contributed by atoms with van der Waals surface area (Å²) < 4.78 is 93.3. The molecule has 0 radical (unpaired) electrons. The number of aliphatic hydroxyl groups is 19. The van der Waals surface area contributed by atoms with Gasteiger partial charge in [0.2, 0.25) is 0 Å². The SMILES string of the molecule is CN[C@H](CSCC1O[C@@H]2O[C@H]3C(CO)O[C@@H](O[C@H]4C(CO)O[C@@H](O[C@H]5C(CO)O[C@@H](O[C@H]6C(CSC[C@@H](CC(=O)CCOCCOCCC(C)=O)C(=O)O)O[C@@H](O[C@H]7C(CO)O[C@@H](O[C@H]8C(CO)O[C@H](O[C@@H]1[C@H](O)C2O)C(O)[C@H]8O)C(O)[C@H]7O)C(O)[C@H]6O)C(O)[C@H]5O)C(O)[C@H]4O)C(O)[C@H]3O)C(=O)O. The molecule has 37 atom stereocenters. The van der Waals surface area contributed by atoms with Crippen LogP contribution in [0.4, 0.5) is 0 Å². The van der Waals surface area contributed by atoms with Crippen LogP contribution >= 0.6 is 23.5 Å². The smallest absolute Gasteiger partial charge is 0.321 e. The average Bonchev–Trinajstić information content (AvgIpc) is 0.785. The number of Topliss-reactive ketones (excluding diaryl/α,β-unsaturated/α-hetero) is 2. The molecule has 21 aliphatic heterocycles. The molecule has 0 amide bonds. The van der Waals surface area contributed by atoms with E-state index in [1.165, 1.54) is 14.0 Å². The van der Waals surface area contributed by atoms with Crippen LogP contribution in [0, 0.1) is 5.92 Å². The molecule has 44 heteroatoms. The summed E-state index contributed by atoms with van der Waals surface area (Å²) in [6.07, 6.45) is -73.1. The molecule has 14 bridgehead atoms. The first kappa shape index (κ1) is 86.1. The first-order chi connectivity index (χ1) is 49.0. The summed E-state index contributed by atoms with van der Waals surface area (Å²) in [4.78, 5) is 48.7. The molecule has 42 nitrogen and oxygen atoms in total. The van der Waals surface area contributed by atoms with E-state index in [0.717, 1.165) is 23.5 Å². The molecule has 0 aromatic carbocycles. The molecule has 0 saturated carbocycles. The minimum atomic E-state index is -2.31. The topological polar surface area (TPSA) is 653 Å². The molecule has 596 valence electrons. The summed E-state index contributed by atoms with van der Waals surface area (Å²) in [5.41, 5.74) is 0. The Morgan fingerprint density at radius 1 is 0.350 bits per heavy atom. The van der Waals surface area contributed by atoms with Gasteiger partial charge in [0.25, 0.3) is 0 Å². The van der Waals surface area contributed by atoms with Gasteiger partial charge in [-0.1, -0.05) is 0 Å². The lowest BCUT2D eigenvalue weighted by Crippen LogP contribution is -2.68. The maximum Gasteiger partial charge on any atom is 0.321 e. The molecule has 21 heterocycles. The van der Waals surface area contributed by atoms with E-state index in [2.05, 4.69) is 5.32 Å². The van der Waals surface area contributed by atoms with Crippen LogP contribution in [0.25, 0.3) is 0 Å². The molecule has 21 rings (SSSR count). The number of carboxylic acids is 2. The molecule has 0 aromatic rings. The number of nitrogens with one attached hydrogen (secondary N) is 1. The van der Waals surface area contributed by atoms with E-state index in [1.54, 1.807) is 0 Å². The van der Waals surface area contributed by atoms with Crippen LogP contribution < -0.4 is 5.32 Å². The number of rotatable bonds is 27. The van der Waals surface area contributed by atoms with Crippen LogP contribution in [0.1, 0.15) is 26.2 Å². The summed E-state index contributed by atoms with van der Waals surface area (Å²) in [6, 6.07) is -1.18. The first-order valence-corrected chi connectivity index (χ1v) is 35.5. The van der Waals surface area contributed by atoms with Crippen molar-refractivity contribution in [2.45, 2.75) is 247 Å². The Balaban J connectivity index is 1.08. The average molecular weight is 1540 g/mol. The number of likely N-dealkylation sites (N-methyl/N-ethyl adjacent to an activating group) is 1. The van der Waals surface area contributed by atoms with E-state index in [0.29, 0.717) is 0 Å².